The van der Waals surface area contributed by atoms with Crippen molar-refractivity contribution in [2.45, 2.75) is 56.5 Å². The Labute approximate surface area is 129 Å². The summed E-state index contributed by atoms with van der Waals surface area (Å²) in [7, 11) is 1.91. The zero-order valence-corrected chi connectivity index (χ0v) is 13.5. The lowest BCUT2D eigenvalue weighted by Gasteiger charge is -2.28. The molecular formula is C14H23N5OS. The Morgan fingerprint density at radius 2 is 2.29 bits per heavy atom. The number of carbonyl (C=O) groups excluding carboxylic acids is 1. The molecule has 2 amide bonds. The molecule has 6 nitrogen and oxygen atoms in total. The van der Waals surface area contributed by atoms with Gasteiger partial charge >= 0.3 is 6.03 Å². The second-order valence-corrected chi connectivity index (χ2v) is 6.91. The standard InChI is InChI=1S/C14H23N5OS/c1-18(10-5-3-6-11(10)21-2)14(20)15-9-13-17-16-12-7-4-8-19(12)13/h10-11H,3-9H2,1-2H3,(H,15,20)/t10-,11+/m0/s1. The summed E-state index contributed by atoms with van der Waals surface area (Å²) in [5.74, 6) is 1.92. The number of rotatable bonds is 4. The molecule has 1 saturated carbocycles. The summed E-state index contributed by atoms with van der Waals surface area (Å²) in [6, 6.07) is 0.348. The molecule has 0 aromatic carbocycles. The molecule has 0 unspecified atom stereocenters. The molecule has 116 valence electrons. The monoisotopic (exact) mass is 309 g/mol. The Morgan fingerprint density at radius 1 is 1.43 bits per heavy atom. The molecule has 0 spiro atoms. The minimum atomic E-state index is -0.00343. The molecule has 0 saturated heterocycles. The third-order valence-corrected chi connectivity index (χ3v) is 5.78. The van der Waals surface area contributed by atoms with Gasteiger partial charge in [0.25, 0.3) is 0 Å². The van der Waals surface area contributed by atoms with Crippen molar-refractivity contribution in [1.29, 1.82) is 0 Å². The first-order chi connectivity index (χ1) is 10.2. The van der Waals surface area contributed by atoms with Crippen LogP contribution >= 0.6 is 11.8 Å². The van der Waals surface area contributed by atoms with Crippen LogP contribution in [0, 0.1) is 0 Å². The molecule has 1 aliphatic heterocycles. The molecular weight excluding hydrogens is 286 g/mol. The second-order valence-electron chi connectivity index (χ2n) is 5.83. The molecule has 1 aromatic heterocycles. The summed E-state index contributed by atoms with van der Waals surface area (Å²) in [4.78, 5) is 14.2. The fourth-order valence-corrected chi connectivity index (χ4v) is 4.43. The van der Waals surface area contributed by atoms with Gasteiger partial charge < -0.3 is 14.8 Å². The fourth-order valence-electron chi connectivity index (χ4n) is 3.40. The minimum absolute atomic E-state index is 0.00343. The maximum Gasteiger partial charge on any atom is 0.317 e. The molecule has 2 atom stereocenters. The number of fused-ring (bicyclic) bond motifs is 1. The molecule has 0 radical (unpaired) electrons. The van der Waals surface area contributed by atoms with E-state index in [0.29, 0.717) is 17.8 Å². The van der Waals surface area contributed by atoms with Gasteiger partial charge in [-0.1, -0.05) is 6.42 Å². The highest BCUT2D eigenvalue weighted by Crippen LogP contribution is 2.31. The Balaban J connectivity index is 1.56. The van der Waals surface area contributed by atoms with E-state index in [1.165, 1.54) is 12.8 Å². The SMILES string of the molecule is CS[C@@H]1CCC[C@@H]1N(C)C(=O)NCc1nnc2n1CCC2. The number of urea groups is 1. The van der Waals surface area contributed by atoms with Gasteiger partial charge in [-0.15, -0.1) is 10.2 Å². The first kappa shape index (κ1) is 14.7. The maximum absolute atomic E-state index is 12.3. The zero-order valence-electron chi connectivity index (χ0n) is 12.7. The van der Waals surface area contributed by atoms with Gasteiger partial charge in [-0.25, -0.2) is 4.79 Å². The van der Waals surface area contributed by atoms with Crippen LogP contribution in [0.4, 0.5) is 4.79 Å². The highest BCUT2D eigenvalue weighted by molar-refractivity contribution is 7.99. The normalized spacial score (nSPS) is 24.1. The molecule has 1 fully saturated rings. The fraction of sp³-hybridized carbons (Fsp3) is 0.786. The highest BCUT2D eigenvalue weighted by Gasteiger charge is 2.32. The summed E-state index contributed by atoms with van der Waals surface area (Å²) in [5.41, 5.74) is 0. The Morgan fingerprint density at radius 3 is 3.10 bits per heavy atom. The predicted molar refractivity (Wildman–Crippen MR) is 83.3 cm³/mol. The van der Waals surface area contributed by atoms with Crippen molar-refractivity contribution in [3.05, 3.63) is 11.6 Å². The lowest BCUT2D eigenvalue weighted by Crippen LogP contribution is -2.45. The van der Waals surface area contributed by atoms with Crippen LogP contribution in [0.5, 0.6) is 0 Å². The van der Waals surface area contributed by atoms with E-state index in [1.54, 1.807) is 0 Å². The largest absolute Gasteiger partial charge is 0.331 e. The highest BCUT2D eigenvalue weighted by atomic mass is 32.2. The number of aryl methyl sites for hydroxylation is 1. The average Bonchev–Trinajstić information content (AvgIpc) is 3.19. The summed E-state index contributed by atoms with van der Waals surface area (Å²) in [5, 5.41) is 11.9. The van der Waals surface area contributed by atoms with Crippen molar-refractivity contribution in [2.75, 3.05) is 13.3 Å². The van der Waals surface area contributed by atoms with E-state index in [4.69, 9.17) is 0 Å². The maximum atomic E-state index is 12.3. The smallest absolute Gasteiger partial charge is 0.317 e. The van der Waals surface area contributed by atoms with Crippen LogP contribution in [-0.2, 0) is 19.5 Å². The molecule has 1 aromatic rings. The van der Waals surface area contributed by atoms with E-state index in [1.807, 2.05) is 23.7 Å². The predicted octanol–water partition coefficient (Wildman–Crippen LogP) is 1.65. The first-order valence-corrected chi connectivity index (χ1v) is 8.94. The number of hydrogen-bond acceptors (Lipinski definition) is 4. The molecule has 1 aliphatic carbocycles. The molecule has 2 aliphatic rings. The van der Waals surface area contributed by atoms with Crippen molar-refractivity contribution < 1.29 is 4.79 Å². The number of hydrogen-bond donors (Lipinski definition) is 1. The minimum Gasteiger partial charge on any atom is -0.331 e. The zero-order chi connectivity index (χ0) is 14.8. The average molecular weight is 309 g/mol. The van der Waals surface area contributed by atoms with E-state index in [-0.39, 0.29) is 6.03 Å². The topological polar surface area (TPSA) is 63.1 Å². The molecule has 2 heterocycles. The van der Waals surface area contributed by atoms with E-state index >= 15 is 0 Å². The molecule has 0 bridgehead atoms. The summed E-state index contributed by atoms with van der Waals surface area (Å²) in [6.07, 6.45) is 7.79. The number of carbonyl (C=O) groups is 1. The Hall–Kier alpha value is -1.24. The van der Waals surface area contributed by atoms with E-state index in [9.17, 15) is 4.79 Å². The van der Waals surface area contributed by atoms with Gasteiger partial charge in [0.2, 0.25) is 0 Å². The lowest BCUT2D eigenvalue weighted by atomic mass is 10.2. The van der Waals surface area contributed by atoms with Crippen LogP contribution in [-0.4, -0.2) is 50.3 Å². The van der Waals surface area contributed by atoms with Crippen molar-refractivity contribution in [1.82, 2.24) is 25.0 Å². The van der Waals surface area contributed by atoms with Crippen molar-refractivity contribution in [2.24, 2.45) is 0 Å². The Bertz CT molecular complexity index is 517. The van der Waals surface area contributed by atoms with Crippen LogP contribution in [0.25, 0.3) is 0 Å². The van der Waals surface area contributed by atoms with Gasteiger partial charge in [0.15, 0.2) is 5.82 Å². The van der Waals surface area contributed by atoms with Gasteiger partial charge in [-0.3, -0.25) is 0 Å². The van der Waals surface area contributed by atoms with Crippen LogP contribution in [0.2, 0.25) is 0 Å². The van der Waals surface area contributed by atoms with Gasteiger partial charge in [-0.05, 0) is 25.5 Å². The first-order valence-electron chi connectivity index (χ1n) is 7.65. The van der Waals surface area contributed by atoms with Gasteiger partial charge in [-0.2, -0.15) is 11.8 Å². The van der Waals surface area contributed by atoms with Crippen LogP contribution in [0.15, 0.2) is 0 Å². The summed E-state index contributed by atoms with van der Waals surface area (Å²) >= 11 is 1.87. The Kier molecular flexibility index (Phi) is 4.37. The molecule has 1 N–H and O–H groups in total. The van der Waals surface area contributed by atoms with E-state index in [2.05, 4.69) is 26.3 Å². The van der Waals surface area contributed by atoms with E-state index < -0.39 is 0 Å². The van der Waals surface area contributed by atoms with Crippen molar-refractivity contribution in [3.8, 4) is 0 Å². The third-order valence-electron chi connectivity index (χ3n) is 4.62. The molecule has 21 heavy (non-hydrogen) atoms. The quantitative estimate of drug-likeness (QED) is 0.918. The van der Waals surface area contributed by atoms with Gasteiger partial charge in [0.05, 0.1) is 6.54 Å². The second kappa shape index (κ2) is 6.25. The van der Waals surface area contributed by atoms with Gasteiger partial charge in [0.1, 0.15) is 5.82 Å². The lowest BCUT2D eigenvalue weighted by molar-refractivity contribution is 0.191. The number of thioether (sulfide) groups is 1. The number of nitrogens with one attached hydrogen (secondary N) is 1. The summed E-state index contributed by atoms with van der Waals surface area (Å²) in [6.45, 7) is 1.44. The number of aromatic nitrogens is 3. The number of amides is 2. The molecule has 3 rings (SSSR count). The van der Waals surface area contributed by atoms with E-state index in [0.717, 1.165) is 37.5 Å². The molecule has 7 heteroatoms. The third kappa shape index (κ3) is 2.88. The van der Waals surface area contributed by atoms with Crippen LogP contribution in [0.3, 0.4) is 0 Å². The number of nitrogens with zero attached hydrogens (tertiary/aromatic N) is 4. The summed E-state index contributed by atoms with van der Waals surface area (Å²) < 4.78 is 2.13. The van der Waals surface area contributed by atoms with Crippen LogP contribution in [0.1, 0.15) is 37.3 Å². The van der Waals surface area contributed by atoms with Gasteiger partial charge in [0, 0.05) is 31.3 Å². The van der Waals surface area contributed by atoms with Crippen molar-refractivity contribution in [3.63, 3.8) is 0 Å². The van der Waals surface area contributed by atoms with Crippen molar-refractivity contribution >= 4 is 17.8 Å². The van der Waals surface area contributed by atoms with Crippen LogP contribution < -0.4 is 5.32 Å².